The minimum atomic E-state index is -0.407. The summed E-state index contributed by atoms with van der Waals surface area (Å²) < 4.78 is 18.1. The van der Waals surface area contributed by atoms with Crippen molar-refractivity contribution >= 4 is 17.4 Å². The van der Waals surface area contributed by atoms with E-state index in [0.717, 1.165) is 11.4 Å². The Bertz CT molecular complexity index is 1330. The average molecular weight is 475 g/mol. The largest absolute Gasteiger partial charge is 0.497 e. The molecule has 0 bridgehead atoms. The van der Waals surface area contributed by atoms with Crippen LogP contribution in [0.3, 0.4) is 0 Å². The van der Waals surface area contributed by atoms with Gasteiger partial charge in [0.15, 0.2) is 5.82 Å². The fraction of sp³-hybridized carbons (Fsp3) is 0.200. The van der Waals surface area contributed by atoms with Gasteiger partial charge in [-0.25, -0.2) is 14.5 Å². The Morgan fingerprint density at radius 2 is 1.46 bits per heavy atom. The molecule has 0 radical (unpaired) electrons. The van der Waals surface area contributed by atoms with Crippen LogP contribution in [0.4, 0.5) is 16.2 Å². The van der Waals surface area contributed by atoms with E-state index in [1.807, 2.05) is 19.9 Å². The average Bonchev–Trinajstić information content (AvgIpc) is 3.17. The van der Waals surface area contributed by atoms with E-state index in [-0.39, 0.29) is 0 Å². The number of carbonyl (C=O) groups is 1. The standard InChI is InChI=1S/C25H26N6O4/c1-15-10-16(2)31(30-15)23-14-24(27-17(3)26-23)35-20-8-6-18(7-9-20)28-25(32)29-19-11-21(33-4)13-22(12-19)34-5/h6-14H,1-5H3,(H2,28,29,32). The van der Waals surface area contributed by atoms with E-state index >= 15 is 0 Å². The molecule has 0 atom stereocenters. The Labute approximate surface area is 202 Å². The van der Waals surface area contributed by atoms with Crippen LogP contribution in [0.15, 0.2) is 54.6 Å². The van der Waals surface area contributed by atoms with Crippen molar-refractivity contribution in [2.24, 2.45) is 0 Å². The van der Waals surface area contributed by atoms with E-state index in [1.165, 1.54) is 0 Å². The summed E-state index contributed by atoms with van der Waals surface area (Å²) in [6.07, 6.45) is 0. The molecule has 0 saturated heterocycles. The number of urea groups is 1. The molecule has 180 valence electrons. The molecule has 4 rings (SSSR count). The van der Waals surface area contributed by atoms with Gasteiger partial charge in [0.05, 0.1) is 19.9 Å². The molecule has 0 fully saturated rings. The second kappa shape index (κ2) is 10.1. The molecule has 2 N–H and O–H groups in total. The van der Waals surface area contributed by atoms with Gasteiger partial charge in [0.2, 0.25) is 5.88 Å². The number of nitrogens with zero attached hydrogens (tertiary/aromatic N) is 4. The first-order valence-corrected chi connectivity index (χ1v) is 10.8. The van der Waals surface area contributed by atoms with Crippen molar-refractivity contribution in [3.8, 4) is 28.9 Å². The monoisotopic (exact) mass is 474 g/mol. The fourth-order valence-corrected chi connectivity index (χ4v) is 3.45. The van der Waals surface area contributed by atoms with Crippen LogP contribution in [0.5, 0.6) is 23.1 Å². The zero-order valence-corrected chi connectivity index (χ0v) is 20.1. The third-order valence-corrected chi connectivity index (χ3v) is 4.97. The first-order valence-electron chi connectivity index (χ1n) is 10.8. The lowest BCUT2D eigenvalue weighted by molar-refractivity contribution is 0.262. The van der Waals surface area contributed by atoms with Crippen LogP contribution < -0.4 is 24.8 Å². The van der Waals surface area contributed by atoms with Crippen molar-refractivity contribution in [1.29, 1.82) is 0 Å². The van der Waals surface area contributed by atoms with Gasteiger partial charge in [0, 0.05) is 41.3 Å². The van der Waals surface area contributed by atoms with Crippen molar-refractivity contribution in [2.75, 3.05) is 24.9 Å². The molecule has 10 nitrogen and oxygen atoms in total. The first kappa shape index (κ1) is 23.6. The minimum Gasteiger partial charge on any atom is -0.497 e. The predicted octanol–water partition coefficient (Wildman–Crippen LogP) is 5.04. The van der Waals surface area contributed by atoms with Crippen LogP contribution in [0.2, 0.25) is 0 Å². The maximum Gasteiger partial charge on any atom is 0.323 e. The summed E-state index contributed by atoms with van der Waals surface area (Å²) in [5, 5.41) is 10.0. The number of nitrogens with one attached hydrogen (secondary N) is 2. The minimum absolute atomic E-state index is 0.394. The molecule has 2 amide bonds. The number of methoxy groups -OCH3 is 2. The van der Waals surface area contributed by atoms with Crippen LogP contribution in [0.1, 0.15) is 17.2 Å². The van der Waals surface area contributed by atoms with Gasteiger partial charge in [0.25, 0.3) is 0 Å². The Balaban J connectivity index is 1.42. The molecule has 0 aliphatic rings. The summed E-state index contributed by atoms with van der Waals surface area (Å²) in [5.41, 5.74) is 3.00. The second-order valence-electron chi connectivity index (χ2n) is 7.76. The molecule has 35 heavy (non-hydrogen) atoms. The van der Waals surface area contributed by atoms with Gasteiger partial charge in [-0.05, 0) is 51.1 Å². The van der Waals surface area contributed by atoms with Gasteiger partial charge in [-0.15, -0.1) is 0 Å². The third-order valence-electron chi connectivity index (χ3n) is 4.97. The van der Waals surface area contributed by atoms with E-state index < -0.39 is 6.03 Å². The highest BCUT2D eigenvalue weighted by Gasteiger charge is 2.11. The number of rotatable bonds is 7. The van der Waals surface area contributed by atoms with Crippen molar-refractivity contribution in [1.82, 2.24) is 19.7 Å². The lowest BCUT2D eigenvalue weighted by Crippen LogP contribution is -2.19. The molecule has 0 aliphatic heterocycles. The second-order valence-corrected chi connectivity index (χ2v) is 7.76. The maximum atomic E-state index is 12.4. The topological polar surface area (TPSA) is 112 Å². The Morgan fingerprint density at radius 3 is 2.06 bits per heavy atom. The zero-order chi connectivity index (χ0) is 24.9. The van der Waals surface area contributed by atoms with Gasteiger partial charge in [-0.2, -0.15) is 10.1 Å². The van der Waals surface area contributed by atoms with Gasteiger partial charge in [-0.1, -0.05) is 0 Å². The number of aromatic nitrogens is 4. The summed E-state index contributed by atoms with van der Waals surface area (Å²) in [7, 11) is 3.09. The van der Waals surface area contributed by atoms with Crippen LogP contribution in [0.25, 0.3) is 5.82 Å². The number of amides is 2. The van der Waals surface area contributed by atoms with Crippen LogP contribution in [-0.2, 0) is 0 Å². The van der Waals surface area contributed by atoms with Gasteiger partial charge >= 0.3 is 6.03 Å². The third kappa shape index (κ3) is 5.85. The molecule has 10 heteroatoms. The van der Waals surface area contributed by atoms with Crippen LogP contribution in [-0.4, -0.2) is 40.0 Å². The number of anilines is 2. The Hall–Kier alpha value is -4.60. The summed E-state index contributed by atoms with van der Waals surface area (Å²) in [4.78, 5) is 21.3. The molecule has 0 aliphatic carbocycles. The van der Waals surface area contributed by atoms with Crippen LogP contribution >= 0.6 is 0 Å². The molecule has 0 saturated carbocycles. The normalized spacial score (nSPS) is 10.5. The van der Waals surface area contributed by atoms with Crippen molar-refractivity contribution in [3.63, 3.8) is 0 Å². The Morgan fingerprint density at radius 1 is 0.800 bits per heavy atom. The summed E-state index contributed by atoms with van der Waals surface area (Å²) in [6.45, 7) is 5.69. The lowest BCUT2D eigenvalue weighted by atomic mass is 10.2. The molecular formula is C25H26N6O4. The molecule has 2 heterocycles. The van der Waals surface area contributed by atoms with Gasteiger partial charge < -0.3 is 24.8 Å². The molecule has 2 aromatic carbocycles. The smallest absolute Gasteiger partial charge is 0.323 e. The number of carbonyl (C=O) groups excluding carboxylic acids is 1. The van der Waals surface area contributed by atoms with E-state index in [9.17, 15) is 4.79 Å². The fourth-order valence-electron chi connectivity index (χ4n) is 3.45. The van der Waals surface area contributed by atoms with Crippen molar-refractivity contribution < 1.29 is 19.0 Å². The number of aryl methyl sites for hydroxylation is 3. The molecule has 0 spiro atoms. The van der Waals surface area contributed by atoms with E-state index in [0.29, 0.717) is 46.1 Å². The number of hydrogen-bond donors (Lipinski definition) is 2. The van der Waals surface area contributed by atoms with Crippen molar-refractivity contribution in [3.05, 3.63) is 71.8 Å². The molecule has 2 aromatic heterocycles. The van der Waals surface area contributed by atoms with Crippen LogP contribution in [0, 0.1) is 20.8 Å². The number of hydrogen-bond acceptors (Lipinski definition) is 7. The first-order chi connectivity index (χ1) is 16.8. The Kier molecular flexibility index (Phi) is 6.81. The van der Waals surface area contributed by atoms with Gasteiger partial charge in [0.1, 0.15) is 23.1 Å². The molecule has 4 aromatic rings. The highest BCUT2D eigenvalue weighted by Crippen LogP contribution is 2.27. The van der Waals surface area contributed by atoms with E-state index in [2.05, 4.69) is 25.7 Å². The highest BCUT2D eigenvalue weighted by molar-refractivity contribution is 6.00. The van der Waals surface area contributed by atoms with Gasteiger partial charge in [-0.3, -0.25) is 0 Å². The number of ether oxygens (including phenoxy) is 3. The maximum absolute atomic E-state index is 12.4. The summed E-state index contributed by atoms with van der Waals surface area (Å²) in [6, 6.07) is 15.4. The van der Waals surface area contributed by atoms with E-state index in [1.54, 1.807) is 74.4 Å². The molecular weight excluding hydrogens is 448 g/mol. The molecule has 0 unspecified atom stereocenters. The summed E-state index contributed by atoms with van der Waals surface area (Å²) >= 11 is 0. The zero-order valence-electron chi connectivity index (χ0n) is 20.1. The van der Waals surface area contributed by atoms with Crippen molar-refractivity contribution in [2.45, 2.75) is 20.8 Å². The quantitative estimate of drug-likeness (QED) is 0.386. The predicted molar refractivity (Wildman–Crippen MR) is 132 cm³/mol. The lowest BCUT2D eigenvalue weighted by Gasteiger charge is -2.12. The number of benzene rings is 2. The summed E-state index contributed by atoms with van der Waals surface area (Å²) in [5.74, 6) is 3.29. The SMILES string of the molecule is COc1cc(NC(=O)Nc2ccc(Oc3cc(-n4nc(C)cc4C)nc(C)n3)cc2)cc(OC)c1. The van der Waals surface area contributed by atoms with E-state index in [4.69, 9.17) is 14.2 Å². The highest BCUT2D eigenvalue weighted by atomic mass is 16.5.